The fourth-order valence-electron chi connectivity index (χ4n) is 6.30. The molecule has 3 amide bonds. The molecule has 1 aliphatic heterocycles. The molecular weight excluding hydrogens is 478 g/mol. The van der Waals surface area contributed by atoms with E-state index in [4.69, 9.17) is 0 Å². The smallest absolute Gasteiger partial charge is 0.407 e. The largest absolute Gasteiger partial charge is 0.465 e. The number of hydrogen-bond donors (Lipinski definition) is 2. The first-order chi connectivity index (χ1) is 17.8. The Balaban J connectivity index is 1.31. The topological polar surface area (TPSA) is 96.7 Å². The Morgan fingerprint density at radius 2 is 1.92 bits per heavy atom. The van der Waals surface area contributed by atoms with Gasteiger partial charge in [-0.05, 0) is 85.6 Å². The van der Waals surface area contributed by atoms with Crippen LogP contribution in [-0.2, 0) is 5.41 Å². The number of urea groups is 1. The van der Waals surface area contributed by atoms with E-state index in [0.717, 1.165) is 37.8 Å². The van der Waals surface area contributed by atoms with Gasteiger partial charge in [-0.3, -0.25) is 0 Å². The summed E-state index contributed by atoms with van der Waals surface area (Å²) >= 11 is 0. The van der Waals surface area contributed by atoms with E-state index < -0.39 is 17.7 Å². The maximum Gasteiger partial charge on any atom is 0.407 e. The van der Waals surface area contributed by atoms with Crippen LogP contribution in [0.2, 0.25) is 0 Å². The minimum absolute atomic E-state index is 0.0115. The summed E-state index contributed by atoms with van der Waals surface area (Å²) in [5.41, 5.74) is 2.09. The molecule has 5 rings (SSSR count). The average molecular weight is 509 g/mol. The lowest BCUT2D eigenvalue weighted by atomic mass is 9.79. The van der Waals surface area contributed by atoms with Crippen molar-refractivity contribution in [3.63, 3.8) is 0 Å². The maximum absolute atomic E-state index is 13.8. The molecule has 1 unspecified atom stereocenters. The third-order valence-electron chi connectivity index (χ3n) is 8.49. The third kappa shape index (κ3) is 5.10. The highest BCUT2D eigenvalue weighted by Crippen LogP contribution is 2.63. The van der Waals surface area contributed by atoms with Gasteiger partial charge in [0, 0.05) is 37.4 Å². The molecule has 2 aromatic carbocycles. The number of carbonyl (C=O) groups excluding carboxylic acids is 1. The van der Waals surface area contributed by atoms with Gasteiger partial charge in [-0.25, -0.2) is 18.4 Å². The molecule has 194 valence electrons. The summed E-state index contributed by atoms with van der Waals surface area (Å²) in [6.07, 6.45) is 3.97. The molecule has 7 nitrogen and oxygen atoms in total. The zero-order valence-corrected chi connectivity index (χ0v) is 20.5. The molecule has 0 radical (unpaired) electrons. The van der Waals surface area contributed by atoms with Crippen LogP contribution in [0.25, 0.3) is 0 Å². The minimum Gasteiger partial charge on any atom is -0.465 e. The second-order valence-corrected chi connectivity index (χ2v) is 10.6. The summed E-state index contributed by atoms with van der Waals surface area (Å²) < 4.78 is 27.2. The first-order valence-electron chi connectivity index (χ1n) is 12.8. The number of hydrogen-bond acceptors (Lipinski definition) is 3. The van der Waals surface area contributed by atoms with E-state index in [9.17, 15) is 28.7 Å². The summed E-state index contributed by atoms with van der Waals surface area (Å²) in [6, 6.07) is 13.0. The van der Waals surface area contributed by atoms with Crippen LogP contribution in [0.5, 0.6) is 0 Å². The maximum atomic E-state index is 13.8. The zero-order valence-electron chi connectivity index (χ0n) is 20.5. The Bertz CT molecular complexity index is 1240. The molecule has 1 heterocycles. The highest BCUT2D eigenvalue weighted by molar-refractivity contribution is 5.89. The number of carboxylic acid groups (broad SMARTS) is 1. The number of amides is 3. The number of nitrogens with one attached hydrogen (secondary N) is 1. The molecule has 3 fully saturated rings. The molecule has 2 saturated carbocycles. The van der Waals surface area contributed by atoms with Crippen molar-refractivity contribution in [2.24, 2.45) is 11.8 Å². The van der Waals surface area contributed by atoms with E-state index in [1.807, 2.05) is 23.1 Å². The minimum atomic E-state index is -1.02. The van der Waals surface area contributed by atoms with Gasteiger partial charge in [-0.15, -0.1) is 0 Å². The molecule has 2 aliphatic carbocycles. The van der Waals surface area contributed by atoms with Crippen molar-refractivity contribution in [2.75, 3.05) is 25.0 Å². The predicted octanol–water partition coefficient (Wildman–Crippen LogP) is 5.57. The normalized spacial score (nSPS) is 25.1. The number of piperidine rings is 1. The first-order valence-corrected chi connectivity index (χ1v) is 12.8. The van der Waals surface area contributed by atoms with Crippen molar-refractivity contribution in [3.8, 4) is 6.07 Å². The van der Waals surface area contributed by atoms with Gasteiger partial charge in [0.2, 0.25) is 0 Å². The number of nitriles is 1. The van der Waals surface area contributed by atoms with Crippen molar-refractivity contribution in [3.05, 3.63) is 65.2 Å². The van der Waals surface area contributed by atoms with Crippen LogP contribution in [0.1, 0.15) is 49.7 Å². The van der Waals surface area contributed by atoms with E-state index >= 15 is 0 Å². The molecule has 0 spiro atoms. The fraction of sp³-hybridized carbons (Fsp3) is 0.464. The Morgan fingerprint density at radius 1 is 1.14 bits per heavy atom. The van der Waals surface area contributed by atoms with E-state index in [1.54, 1.807) is 0 Å². The highest BCUT2D eigenvalue weighted by Gasteiger charge is 2.58. The number of carbonyl (C=O) groups is 2. The summed E-state index contributed by atoms with van der Waals surface area (Å²) in [5.74, 6) is -1.43. The van der Waals surface area contributed by atoms with E-state index in [2.05, 4.69) is 17.5 Å². The lowest BCUT2D eigenvalue weighted by Crippen LogP contribution is -2.49. The van der Waals surface area contributed by atoms with Gasteiger partial charge in [-0.2, -0.15) is 5.26 Å². The van der Waals surface area contributed by atoms with Crippen LogP contribution in [0.3, 0.4) is 0 Å². The van der Waals surface area contributed by atoms with Crippen LogP contribution in [0.4, 0.5) is 24.1 Å². The van der Waals surface area contributed by atoms with Crippen molar-refractivity contribution in [2.45, 2.75) is 50.0 Å². The third-order valence-corrected chi connectivity index (χ3v) is 8.49. The summed E-state index contributed by atoms with van der Waals surface area (Å²) in [7, 11) is 0. The van der Waals surface area contributed by atoms with Crippen molar-refractivity contribution >= 4 is 17.8 Å². The summed E-state index contributed by atoms with van der Waals surface area (Å²) in [4.78, 5) is 28.0. The number of benzene rings is 2. The number of fused-ring (bicyclic) bond motifs is 1. The van der Waals surface area contributed by atoms with Gasteiger partial charge >= 0.3 is 12.1 Å². The number of anilines is 1. The van der Waals surface area contributed by atoms with Gasteiger partial charge in [-0.1, -0.05) is 12.1 Å². The van der Waals surface area contributed by atoms with Crippen LogP contribution in [-0.4, -0.2) is 52.7 Å². The first kappa shape index (κ1) is 25.0. The zero-order chi connectivity index (χ0) is 26.2. The van der Waals surface area contributed by atoms with Gasteiger partial charge in [0.1, 0.15) is 0 Å². The molecule has 2 N–H and O–H groups in total. The molecule has 0 aromatic heterocycles. The lowest BCUT2D eigenvalue weighted by molar-refractivity contribution is 0.104. The van der Waals surface area contributed by atoms with Gasteiger partial charge < -0.3 is 20.2 Å². The summed E-state index contributed by atoms with van der Waals surface area (Å²) in [6.45, 7) is 1.35. The number of halogens is 2. The predicted molar refractivity (Wildman–Crippen MR) is 133 cm³/mol. The molecule has 2 aromatic rings. The second kappa shape index (κ2) is 10.0. The molecule has 3 atom stereocenters. The Hall–Kier alpha value is -3.67. The number of nitrogens with zero attached hydrogens (tertiary/aromatic N) is 3. The van der Waals surface area contributed by atoms with Crippen molar-refractivity contribution < 1.29 is 23.5 Å². The Morgan fingerprint density at radius 3 is 2.59 bits per heavy atom. The Kier molecular flexibility index (Phi) is 6.76. The van der Waals surface area contributed by atoms with Crippen LogP contribution >= 0.6 is 0 Å². The summed E-state index contributed by atoms with van der Waals surface area (Å²) in [5, 5.41) is 21.3. The number of likely N-dealkylation sites (tertiary alicyclic amines) is 1. The van der Waals surface area contributed by atoms with Gasteiger partial charge in [0.05, 0.1) is 11.6 Å². The van der Waals surface area contributed by atoms with E-state index in [0.29, 0.717) is 44.0 Å². The van der Waals surface area contributed by atoms with Crippen LogP contribution in [0.15, 0.2) is 42.5 Å². The molecular formula is C28H30F2N4O3. The van der Waals surface area contributed by atoms with Gasteiger partial charge in [0.15, 0.2) is 11.6 Å². The van der Waals surface area contributed by atoms with Crippen LogP contribution < -0.4 is 5.32 Å². The van der Waals surface area contributed by atoms with E-state index in [1.165, 1.54) is 16.5 Å². The molecule has 3 aliphatic rings. The van der Waals surface area contributed by atoms with Crippen molar-refractivity contribution in [1.29, 1.82) is 5.26 Å². The molecule has 9 heteroatoms. The van der Waals surface area contributed by atoms with E-state index in [-0.39, 0.29) is 29.1 Å². The molecule has 37 heavy (non-hydrogen) atoms. The molecule has 1 saturated heterocycles. The molecule has 0 bridgehead atoms. The average Bonchev–Trinajstić information content (AvgIpc) is 3.65. The second-order valence-electron chi connectivity index (χ2n) is 10.6. The van der Waals surface area contributed by atoms with Crippen LogP contribution in [0, 0.1) is 34.8 Å². The standard InChI is InChI=1S/C28H30F2N4O3/c29-24-5-4-22(14-25(24)30)32-26(35)34(17-18-7-10-33(11-8-18)27(36)37)23-6-9-28(15-21(28)13-23)20-3-1-2-19(12-20)16-31/h1-5,12,14,18,21,23H,6-11,13,15,17H2,(H,32,35)(H,36,37)/t21-,23?,28-/m1/s1. The number of rotatable bonds is 5. The SMILES string of the molecule is N#Cc1cccc([C@]23CCC(N(CC4CCN(C(=O)O)CC4)C(=O)Nc4ccc(F)c(F)c4)C[C@@H]2C3)c1. The highest BCUT2D eigenvalue weighted by atomic mass is 19.2. The van der Waals surface area contributed by atoms with Crippen molar-refractivity contribution in [1.82, 2.24) is 9.80 Å². The van der Waals surface area contributed by atoms with Gasteiger partial charge in [0.25, 0.3) is 0 Å². The Labute approximate surface area is 214 Å². The lowest BCUT2D eigenvalue weighted by Gasteiger charge is -2.40. The fourth-order valence-corrected chi connectivity index (χ4v) is 6.30. The monoisotopic (exact) mass is 508 g/mol. The quantitative estimate of drug-likeness (QED) is 0.552.